The van der Waals surface area contributed by atoms with Gasteiger partial charge < -0.3 is 14.2 Å². The average Bonchev–Trinajstić information content (AvgIpc) is 2.92. The molecular formula is C17H15F2NO4S. The lowest BCUT2D eigenvalue weighted by Crippen LogP contribution is -2.39. The third-order valence-electron chi connectivity index (χ3n) is 4.45. The first kappa shape index (κ1) is 16.3. The minimum absolute atomic E-state index is 0.0187. The van der Waals surface area contributed by atoms with E-state index in [2.05, 4.69) is 5.32 Å². The van der Waals surface area contributed by atoms with Crippen LogP contribution in [-0.2, 0) is 10.1 Å². The predicted molar refractivity (Wildman–Crippen MR) is 85.3 cm³/mol. The van der Waals surface area contributed by atoms with Crippen LogP contribution in [0, 0.1) is 11.6 Å². The molecule has 2 unspecified atom stereocenters. The molecule has 1 fully saturated rings. The average molecular weight is 367 g/mol. The molecule has 0 saturated carbocycles. The molecule has 1 saturated heterocycles. The molecule has 132 valence electrons. The van der Waals surface area contributed by atoms with Crippen LogP contribution in [0.3, 0.4) is 0 Å². The van der Waals surface area contributed by atoms with E-state index in [1.54, 1.807) is 12.1 Å². The fourth-order valence-electron chi connectivity index (χ4n) is 3.30. The Morgan fingerprint density at radius 3 is 2.80 bits per heavy atom. The molecule has 2 aliphatic rings. The van der Waals surface area contributed by atoms with E-state index in [1.807, 2.05) is 0 Å². The second kappa shape index (κ2) is 5.96. The number of ether oxygens (including phenoxy) is 1. The Morgan fingerprint density at radius 1 is 1.16 bits per heavy atom. The Labute approximate surface area is 143 Å². The zero-order valence-electron chi connectivity index (χ0n) is 13.0. The smallest absolute Gasteiger partial charge is 0.342 e. The summed E-state index contributed by atoms with van der Waals surface area (Å²) in [6, 6.07) is 6.95. The van der Waals surface area contributed by atoms with Crippen LogP contribution in [-0.4, -0.2) is 27.6 Å². The topological polar surface area (TPSA) is 64.6 Å². The summed E-state index contributed by atoms with van der Waals surface area (Å²) in [6.45, 7) is 1.59. The van der Waals surface area contributed by atoms with Crippen LogP contribution in [0.4, 0.5) is 8.78 Å². The first-order valence-electron chi connectivity index (χ1n) is 7.85. The van der Waals surface area contributed by atoms with Crippen LogP contribution >= 0.6 is 0 Å². The lowest BCUT2D eigenvalue weighted by molar-refractivity contribution is 0.177. The maximum atomic E-state index is 13.8. The van der Waals surface area contributed by atoms with Crippen molar-refractivity contribution in [2.75, 3.05) is 13.1 Å². The van der Waals surface area contributed by atoms with Gasteiger partial charge in [0, 0.05) is 24.1 Å². The second-order valence-electron chi connectivity index (χ2n) is 6.07. The molecule has 25 heavy (non-hydrogen) atoms. The Kier molecular flexibility index (Phi) is 3.88. The Bertz CT molecular complexity index is 932. The van der Waals surface area contributed by atoms with E-state index in [0.29, 0.717) is 11.8 Å². The highest BCUT2D eigenvalue weighted by molar-refractivity contribution is 7.87. The van der Waals surface area contributed by atoms with Crippen molar-refractivity contribution in [1.82, 2.24) is 5.32 Å². The number of halogens is 2. The minimum atomic E-state index is -4.40. The van der Waals surface area contributed by atoms with E-state index in [0.717, 1.165) is 37.2 Å². The van der Waals surface area contributed by atoms with Crippen molar-refractivity contribution >= 4 is 10.1 Å². The summed E-state index contributed by atoms with van der Waals surface area (Å²) in [5, 5.41) is 3.25. The maximum Gasteiger partial charge on any atom is 0.342 e. The van der Waals surface area contributed by atoms with Gasteiger partial charge in [-0.3, -0.25) is 0 Å². The molecule has 2 heterocycles. The highest BCUT2D eigenvalue weighted by Crippen LogP contribution is 2.43. The highest BCUT2D eigenvalue weighted by atomic mass is 32.2. The first-order chi connectivity index (χ1) is 11.9. The Balaban J connectivity index is 1.63. The van der Waals surface area contributed by atoms with Crippen molar-refractivity contribution in [2.24, 2.45) is 0 Å². The minimum Gasteiger partial charge on any atom is -0.488 e. The molecule has 1 N–H and O–H groups in total. The zero-order valence-corrected chi connectivity index (χ0v) is 13.9. The van der Waals surface area contributed by atoms with Crippen LogP contribution in [0.25, 0.3) is 0 Å². The highest BCUT2D eigenvalue weighted by Gasteiger charge is 2.36. The molecule has 0 amide bonds. The van der Waals surface area contributed by atoms with Crippen molar-refractivity contribution in [3.05, 3.63) is 53.6 Å². The van der Waals surface area contributed by atoms with E-state index in [-0.39, 0.29) is 17.8 Å². The summed E-state index contributed by atoms with van der Waals surface area (Å²) >= 11 is 0. The van der Waals surface area contributed by atoms with E-state index < -0.39 is 26.6 Å². The molecule has 0 bridgehead atoms. The first-order valence-corrected chi connectivity index (χ1v) is 9.26. The van der Waals surface area contributed by atoms with Crippen LogP contribution in [0.15, 0.2) is 41.3 Å². The summed E-state index contributed by atoms with van der Waals surface area (Å²) in [5.74, 6) is -1.10. The van der Waals surface area contributed by atoms with Crippen molar-refractivity contribution in [3.63, 3.8) is 0 Å². The number of hydrogen-bond donors (Lipinski definition) is 1. The van der Waals surface area contributed by atoms with Crippen LogP contribution in [0.1, 0.15) is 17.9 Å². The van der Waals surface area contributed by atoms with Gasteiger partial charge in [-0.1, -0.05) is 0 Å². The Morgan fingerprint density at radius 2 is 2.00 bits per heavy atom. The second-order valence-corrected chi connectivity index (χ2v) is 7.58. The largest absolute Gasteiger partial charge is 0.488 e. The standard InChI is InChI=1S/C17H15F2NO4S/c18-10-1-4-17(14(19)7-10)25(21,22)24-11-2-3-15-13(8-11)12-5-6-20-9-16(12)23-15/h1-4,7-8,12,16,20H,5-6,9H2. The molecule has 0 aliphatic carbocycles. The van der Waals surface area contributed by atoms with Crippen LogP contribution < -0.4 is 14.2 Å². The number of nitrogens with one attached hydrogen (secondary N) is 1. The third-order valence-corrected chi connectivity index (χ3v) is 5.74. The molecular weight excluding hydrogens is 352 g/mol. The molecule has 4 rings (SSSR count). The molecule has 0 spiro atoms. The van der Waals surface area contributed by atoms with Gasteiger partial charge in [0.25, 0.3) is 0 Å². The zero-order chi connectivity index (χ0) is 17.6. The Hall–Kier alpha value is -2.19. The number of rotatable bonds is 3. The quantitative estimate of drug-likeness (QED) is 0.845. The predicted octanol–water partition coefficient (Wildman–Crippen LogP) is 2.57. The van der Waals surface area contributed by atoms with E-state index in [9.17, 15) is 17.2 Å². The summed E-state index contributed by atoms with van der Waals surface area (Å²) in [6.07, 6.45) is 0.894. The van der Waals surface area contributed by atoms with Gasteiger partial charge in [-0.05, 0) is 43.3 Å². The van der Waals surface area contributed by atoms with E-state index >= 15 is 0 Å². The molecule has 8 heteroatoms. The molecule has 2 atom stereocenters. The number of fused-ring (bicyclic) bond motifs is 3. The molecule has 5 nitrogen and oxygen atoms in total. The van der Waals surface area contributed by atoms with Crippen LogP contribution in [0.5, 0.6) is 11.5 Å². The van der Waals surface area contributed by atoms with E-state index in [1.165, 1.54) is 6.07 Å². The van der Waals surface area contributed by atoms with Gasteiger partial charge >= 0.3 is 10.1 Å². The monoisotopic (exact) mass is 367 g/mol. The van der Waals surface area contributed by atoms with Gasteiger partial charge in [0.05, 0.1) is 0 Å². The molecule has 0 aromatic heterocycles. The number of benzene rings is 2. The van der Waals surface area contributed by atoms with Crippen molar-refractivity contribution < 1.29 is 26.1 Å². The third kappa shape index (κ3) is 2.96. The van der Waals surface area contributed by atoms with Gasteiger partial charge in [0.15, 0.2) is 0 Å². The number of hydrogen-bond acceptors (Lipinski definition) is 5. The molecule has 0 radical (unpaired) electrons. The van der Waals surface area contributed by atoms with Gasteiger partial charge in [0.1, 0.15) is 34.1 Å². The van der Waals surface area contributed by atoms with Crippen molar-refractivity contribution in [2.45, 2.75) is 23.3 Å². The summed E-state index contributed by atoms with van der Waals surface area (Å²) < 4.78 is 62.2. The van der Waals surface area contributed by atoms with Crippen LogP contribution in [0.2, 0.25) is 0 Å². The number of piperidine rings is 1. The lowest BCUT2D eigenvalue weighted by atomic mass is 9.90. The fourth-order valence-corrected chi connectivity index (χ4v) is 4.28. The van der Waals surface area contributed by atoms with Crippen molar-refractivity contribution in [3.8, 4) is 11.5 Å². The van der Waals surface area contributed by atoms with Gasteiger partial charge in [0.2, 0.25) is 0 Å². The maximum absolute atomic E-state index is 13.8. The fraction of sp³-hybridized carbons (Fsp3) is 0.294. The summed E-state index contributed by atoms with van der Waals surface area (Å²) in [4.78, 5) is -0.703. The molecule has 2 aromatic rings. The van der Waals surface area contributed by atoms with Gasteiger partial charge in [-0.15, -0.1) is 0 Å². The summed E-state index contributed by atoms with van der Waals surface area (Å²) in [5.41, 5.74) is 0.888. The van der Waals surface area contributed by atoms with E-state index in [4.69, 9.17) is 8.92 Å². The summed E-state index contributed by atoms with van der Waals surface area (Å²) in [7, 11) is -4.40. The van der Waals surface area contributed by atoms with Gasteiger partial charge in [-0.2, -0.15) is 8.42 Å². The normalized spacial score (nSPS) is 22.0. The SMILES string of the molecule is O=S(=O)(Oc1ccc2c(c1)C1CCNCC1O2)c1ccc(F)cc1F. The van der Waals surface area contributed by atoms with Gasteiger partial charge in [-0.25, -0.2) is 8.78 Å². The lowest BCUT2D eigenvalue weighted by Gasteiger charge is -2.24. The molecule has 2 aliphatic heterocycles. The molecule has 2 aromatic carbocycles. The van der Waals surface area contributed by atoms with Crippen molar-refractivity contribution in [1.29, 1.82) is 0 Å².